The molecule has 1 aromatic carbocycles. The second kappa shape index (κ2) is 5.69. The molecule has 0 N–H and O–H groups in total. The minimum atomic E-state index is 0.403. The van der Waals surface area contributed by atoms with Crippen LogP contribution >= 0.6 is 0 Å². The zero-order valence-corrected chi connectivity index (χ0v) is 10.3. The number of benzene rings is 1. The first kappa shape index (κ1) is 11.9. The second-order valence-corrected chi connectivity index (χ2v) is 4.44. The van der Waals surface area contributed by atoms with Crippen molar-refractivity contribution < 1.29 is 9.15 Å². The van der Waals surface area contributed by atoms with Gasteiger partial charge in [0.15, 0.2) is 0 Å². The van der Waals surface area contributed by atoms with Crippen molar-refractivity contribution in [3.05, 3.63) is 59.5 Å². The van der Waals surface area contributed by atoms with E-state index in [9.17, 15) is 0 Å². The van der Waals surface area contributed by atoms with Crippen molar-refractivity contribution in [1.29, 1.82) is 0 Å². The Labute approximate surface area is 102 Å². The maximum absolute atomic E-state index is 5.69. The molecule has 0 saturated carbocycles. The van der Waals surface area contributed by atoms with Gasteiger partial charge in [0.2, 0.25) is 0 Å². The highest BCUT2D eigenvalue weighted by Gasteiger charge is 2.09. The standard InChI is InChI=1S/C15H18O2/c1-12(2)15-14(8-9-17-15)11-16-10-13-6-4-3-5-7-13/h3-9,12H,10-11H2,1-2H3. The van der Waals surface area contributed by atoms with Crippen molar-refractivity contribution in [2.24, 2.45) is 0 Å². The molecule has 1 aromatic heterocycles. The molecule has 0 saturated heterocycles. The first-order chi connectivity index (χ1) is 8.27. The van der Waals surface area contributed by atoms with Crippen LogP contribution in [0.5, 0.6) is 0 Å². The lowest BCUT2D eigenvalue weighted by Crippen LogP contribution is -1.97. The topological polar surface area (TPSA) is 22.4 Å². The van der Waals surface area contributed by atoms with E-state index in [2.05, 4.69) is 26.0 Å². The molecule has 1 heterocycles. The SMILES string of the molecule is CC(C)c1occc1COCc1ccccc1. The molecule has 0 radical (unpaired) electrons. The summed E-state index contributed by atoms with van der Waals surface area (Å²) in [6, 6.07) is 12.2. The Hall–Kier alpha value is -1.54. The fraction of sp³-hybridized carbons (Fsp3) is 0.333. The molecule has 0 aliphatic heterocycles. The van der Waals surface area contributed by atoms with Crippen LogP contribution in [0.2, 0.25) is 0 Å². The molecule has 2 heteroatoms. The average molecular weight is 230 g/mol. The van der Waals surface area contributed by atoms with Crippen LogP contribution in [0.4, 0.5) is 0 Å². The van der Waals surface area contributed by atoms with E-state index < -0.39 is 0 Å². The number of hydrogen-bond acceptors (Lipinski definition) is 2. The zero-order valence-electron chi connectivity index (χ0n) is 10.3. The van der Waals surface area contributed by atoms with Gasteiger partial charge in [0.05, 0.1) is 19.5 Å². The van der Waals surface area contributed by atoms with Crippen molar-refractivity contribution in [1.82, 2.24) is 0 Å². The lowest BCUT2D eigenvalue weighted by atomic mass is 10.1. The molecule has 0 aliphatic rings. The Balaban J connectivity index is 1.88. The Bertz CT molecular complexity index is 443. The number of rotatable bonds is 5. The monoisotopic (exact) mass is 230 g/mol. The highest BCUT2D eigenvalue weighted by Crippen LogP contribution is 2.21. The Morgan fingerprint density at radius 2 is 1.82 bits per heavy atom. The first-order valence-corrected chi connectivity index (χ1v) is 5.95. The maximum Gasteiger partial charge on any atom is 0.111 e. The molecular weight excluding hydrogens is 212 g/mol. The second-order valence-electron chi connectivity index (χ2n) is 4.44. The van der Waals surface area contributed by atoms with Gasteiger partial charge in [-0.3, -0.25) is 0 Å². The first-order valence-electron chi connectivity index (χ1n) is 5.95. The van der Waals surface area contributed by atoms with Crippen LogP contribution in [0.25, 0.3) is 0 Å². The molecule has 0 aliphatic carbocycles. The largest absolute Gasteiger partial charge is 0.469 e. The average Bonchev–Trinajstić information content (AvgIpc) is 2.79. The van der Waals surface area contributed by atoms with E-state index in [1.165, 1.54) is 5.56 Å². The molecular formula is C15H18O2. The number of hydrogen-bond donors (Lipinski definition) is 0. The fourth-order valence-electron chi connectivity index (χ4n) is 1.83. The molecule has 0 bridgehead atoms. The molecule has 17 heavy (non-hydrogen) atoms. The minimum absolute atomic E-state index is 0.403. The molecule has 0 atom stereocenters. The van der Waals surface area contributed by atoms with Crippen molar-refractivity contribution in [3.63, 3.8) is 0 Å². The summed E-state index contributed by atoms with van der Waals surface area (Å²) < 4.78 is 11.1. The van der Waals surface area contributed by atoms with E-state index in [-0.39, 0.29) is 0 Å². The predicted octanol–water partition coefficient (Wildman–Crippen LogP) is 4.12. The lowest BCUT2D eigenvalue weighted by molar-refractivity contribution is 0.105. The van der Waals surface area contributed by atoms with Crippen LogP contribution in [-0.2, 0) is 18.0 Å². The Morgan fingerprint density at radius 3 is 2.53 bits per heavy atom. The zero-order chi connectivity index (χ0) is 12.1. The van der Waals surface area contributed by atoms with Gasteiger partial charge in [-0.15, -0.1) is 0 Å². The Morgan fingerprint density at radius 1 is 1.06 bits per heavy atom. The van der Waals surface area contributed by atoms with E-state index >= 15 is 0 Å². The smallest absolute Gasteiger partial charge is 0.111 e. The minimum Gasteiger partial charge on any atom is -0.469 e. The van der Waals surface area contributed by atoms with Gasteiger partial charge in [-0.1, -0.05) is 44.2 Å². The van der Waals surface area contributed by atoms with Gasteiger partial charge in [0.25, 0.3) is 0 Å². The summed E-state index contributed by atoms with van der Waals surface area (Å²) in [5.74, 6) is 1.43. The maximum atomic E-state index is 5.69. The van der Waals surface area contributed by atoms with Crippen LogP contribution in [-0.4, -0.2) is 0 Å². The molecule has 0 unspecified atom stereocenters. The molecule has 2 nitrogen and oxygen atoms in total. The summed E-state index contributed by atoms with van der Waals surface area (Å²) in [7, 11) is 0. The van der Waals surface area contributed by atoms with Crippen LogP contribution in [0.1, 0.15) is 36.7 Å². The number of furan rings is 1. The van der Waals surface area contributed by atoms with E-state index in [0.717, 1.165) is 11.3 Å². The Kier molecular flexibility index (Phi) is 3.99. The van der Waals surface area contributed by atoms with Crippen LogP contribution in [0, 0.1) is 0 Å². The summed E-state index contributed by atoms with van der Waals surface area (Å²) in [4.78, 5) is 0. The highest BCUT2D eigenvalue weighted by molar-refractivity contribution is 5.19. The molecule has 2 rings (SSSR count). The molecule has 90 valence electrons. The summed E-state index contributed by atoms with van der Waals surface area (Å²) in [6.45, 7) is 5.50. The van der Waals surface area contributed by atoms with Crippen molar-refractivity contribution in [3.8, 4) is 0 Å². The summed E-state index contributed by atoms with van der Waals surface area (Å²) in [5.41, 5.74) is 2.35. The molecule has 0 amide bonds. The quantitative estimate of drug-likeness (QED) is 0.771. The van der Waals surface area contributed by atoms with Gasteiger partial charge in [-0.25, -0.2) is 0 Å². The van der Waals surface area contributed by atoms with Gasteiger partial charge in [0, 0.05) is 11.5 Å². The predicted molar refractivity (Wildman–Crippen MR) is 67.7 cm³/mol. The van der Waals surface area contributed by atoms with Crippen molar-refractivity contribution in [2.45, 2.75) is 33.0 Å². The molecule has 0 spiro atoms. The van der Waals surface area contributed by atoms with Gasteiger partial charge in [-0.2, -0.15) is 0 Å². The summed E-state index contributed by atoms with van der Waals surface area (Å²) in [6.07, 6.45) is 1.73. The van der Waals surface area contributed by atoms with Crippen LogP contribution < -0.4 is 0 Å². The third-order valence-corrected chi connectivity index (χ3v) is 2.67. The molecule has 2 aromatic rings. The lowest BCUT2D eigenvalue weighted by Gasteiger charge is -2.06. The van der Waals surface area contributed by atoms with Gasteiger partial charge in [-0.05, 0) is 11.6 Å². The van der Waals surface area contributed by atoms with Crippen molar-refractivity contribution in [2.75, 3.05) is 0 Å². The van der Waals surface area contributed by atoms with E-state index in [1.54, 1.807) is 6.26 Å². The van der Waals surface area contributed by atoms with Gasteiger partial charge >= 0.3 is 0 Å². The third kappa shape index (κ3) is 3.21. The normalized spacial score (nSPS) is 11.0. The van der Waals surface area contributed by atoms with E-state index in [1.807, 2.05) is 24.3 Å². The summed E-state index contributed by atoms with van der Waals surface area (Å²) >= 11 is 0. The number of ether oxygens (including phenoxy) is 1. The van der Waals surface area contributed by atoms with Gasteiger partial charge in [0.1, 0.15) is 5.76 Å². The third-order valence-electron chi connectivity index (χ3n) is 2.67. The van der Waals surface area contributed by atoms with Crippen LogP contribution in [0.15, 0.2) is 47.1 Å². The fourth-order valence-corrected chi connectivity index (χ4v) is 1.83. The molecule has 0 fully saturated rings. The van der Waals surface area contributed by atoms with Crippen LogP contribution in [0.3, 0.4) is 0 Å². The van der Waals surface area contributed by atoms with E-state index in [0.29, 0.717) is 19.1 Å². The highest BCUT2D eigenvalue weighted by atomic mass is 16.5. The summed E-state index contributed by atoms with van der Waals surface area (Å²) in [5, 5.41) is 0. The van der Waals surface area contributed by atoms with Crippen molar-refractivity contribution >= 4 is 0 Å². The van der Waals surface area contributed by atoms with E-state index in [4.69, 9.17) is 9.15 Å². The van der Waals surface area contributed by atoms with Gasteiger partial charge < -0.3 is 9.15 Å².